The molecule has 0 atom stereocenters. The fraction of sp³-hybridized carbons (Fsp3) is 0.280. The summed E-state index contributed by atoms with van der Waals surface area (Å²) in [5.41, 5.74) is 6.70. The van der Waals surface area contributed by atoms with Crippen LogP contribution in [0.3, 0.4) is 0 Å². The first-order valence-corrected chi connectivity index (χ1v) is 11.0. The third-order valence-electron chi connectivity index (χ3n) is 5.90. The summed E-state index contributed by atoms with van der Waals surface area (Å²) in [5.74, 6) is -0.549. The van der Waals surface area contributed by atoms with Gasteiger partial charge in [0, 0.05) is 10.4 Å². The summed E-state index contributed by atoms with van der Waals surface area (Å²) >= 11 is 1.53. The highest BCUT2D eigenvalue weighted by Gasteiger charge is 2.21. The lowest BCUT2D eigenvalue weighted by atomic mass is 10.0. The van der Waals surface area contributed by atoms with E-state index in [1.165, 1.54) is 57.7 Å². The Morgan fingerprint density at radius 3 is 2.62 bits per heavy atom. The third-order valence-corrected chi connectivity index (χ3v) is 7.12. The normalized spacial score (nSPS) is 14.5. The molecule has 2 aliphatic carbocycles. The number of carbonyl (C=O) groups excluding carboxylic acids is 2. The fourth-order valence-corrected chi connectivity index (χ4v) is 5.50. The number of fused-ring (bicyclic) bond motifs is 4. The maximum Gasteiger partial charge on any atom is 0.348 e. The molecule has 0 amide bonds. The molecule has 0 radical (unpaired) electrons. The number of Topliss-reactive ketones (excluding diaryl/α,β-unsaturated/α-hetero) is 1. The van der Waals surface area contributed by atoms with Crippen LogP contribution >= 0.6 is 11.3 Å². The van der Waals surface area contributed by atoms with Crippen LogP contribution in [0.5, 0.6) is 0 Å². The Hall–Kier alpha value is -2.72. The van der Waals surface area contributed by atoms with Crippen LogP contribution < -0.4 is 0 Å². The highest BCUT2D eigenvalue weighted by Crippen LogP contribution is 2.37. The minimum atomic E-state index is -0.386. The van der Waals surface area contributed by atoms with Gasteiger partial charge in [0.15, 0.2) is 12.4 Å². The highest BCUT2D eigenvalue weighted by atomic mass is 32.1. The van der Waals surface area contributed by atoms with E-state index in [-0.39, 0.29) is 18.4 Å². The number of thiophene rings is 1. The zero-order valence-corrected chi connectivity index (χ0v) is 17.0. The van der Waals surface area contributed by atoms with Gasteiger partial charge in [-0.3, -0.25) is 4.79 Å². The summed E-state index contributed by atoms with van der Waals surface area (Å²) in [6.45, 7) is -0.220. The first kappa shape index (κ1) is 18.3. The van der Waals surface area contributed by atoms with Crippen LogP contribution in [0.25, 0.3) is 11.1 Å². The van der Waals surface area contributed by atoms with E-state index >= 15 is 0 Å². The van der Waals surface area contributed by atoms with Crippen molar-refractivity contribution in [1.29, 1.82) is 0 Å². The average molecular weight is 403 g/mol. The molecule has 0 unspecified atom stereocenters. The Bertz CT molecular complexity index is 1090. The zero-order chi connectivity index (χ0) is 19.8. The van der Waals surface area contributed by atoms with Crippen molar-refractivity contribution in [3.05, 3.63) is 80.5 Å². The van der Waals surface area contributed by atoms with Crippen molar-refractivity contribution in [3.8, 4) is 11.1 Å². The van der Waals surface area contributed by atoms with Gasteiger partial charge >= 0.3 is 5.97 Å². The molecule has 1 heterocycles. The molecule has 0 N–H and O–H groups in total. The quantitative estimate of drug-likeness (QED) is 0.252. The van der Waals surface area contributed by atoms with Crippen molar-refractivity contribution in [1.82, 2.24) is 0 Å². The van der Waals surface area contributed by atoms with Crippen LogP contribution in [0.15, 0.2) is 48.5 Å². The van der Waals surface area contributed by atoms with Gasteiger partial charge in [-0.15, -0.1) is 11.3 Å². The van der Waals surface area contributed by atoms with Crippen molar-refractivity contribution in [3.63, 3.8) is 0 Å². The molecule has 0 saturated heterocycles. The van der Waals surface area contributed by atoms with Crippen LogP contribution in [0.2, 0.25) is 0 Å². The molecule has 5 rings (SSSR count). The zero-order valence-electron chi connectivity index (χ0n) is 16.2. The van der Waals surface area contributed by atoms with E-state index in [1.807, 2.05) is 36.4 Å². The Morgan fingerprint density at radius 1 is 0.862 bits per heavy atom. The molecule has 146 valence electrons. The predicted molar refractivity (Wildman–Crippen MR) is 115 cm³/mol. The molecule has 0 spiro atoms. The second-order valence-corrected chi connectivity index (χ2v) is 8.96. The number of hydrogen-bond donors (Lipinski definition) is 0. The van der Waals surface area contributed by atoms with E-state index in [0.717, 1.165) is 24.8 Å². The number of esters is 1. The summed E-state index contributed by atoms with van der Waals surface area (Å²) < 4.78 is 5.36. The number of rotatable bonds is 4. The smallest absolute Gasteiger partial charge is 0.348 e. The van der Waals surface area contributed by atoms with Crippen LogP contribution in [0.1, 0.15) is 60.9 Å². The summed E-state index contributed by atoms with van der Waals surface area (Å²) in [6, 6.07) is 16.0. The van der Waals surface area contributed by atoms with Gasteiger partial charge in [-0.25, -0.2) is 4.79 Å². The topological polar surface area (TPSA) is 43.4 Å². The molecule has 0 fully saturated rings. The molecule has 0 aliphatic heterocycles. The SMILES string of the molecule is O=C(COC(=O)c1cc2c(s1)CCCCC2)c1ccc2c(c1)-c1ccccc1C2. The molecule has 3 aromatic rings. The molecular weight excluding hydrogens is 380 g/mol. The van der Waals surface area contributed by atoms with E-state index < -0.39 is 0 Å². The van der Waals surface area contributed by atoms with E-state index in [2.05, 4.69) is 12.1 Å². The van der Waals surface area contributed by atoms with Crippen molar-refractivity contribution >= 4 is 23.1 Å². The summed E-state index contributed by atoms with van der Waals surface area (Å²) in [6.07, 6.45) is 6.59. The maximum atomic E-state index is 12.7. The van der Waals surface area contributed by atoms with Gasteiger partial charge in [-0.05, 0) is 72.1 Å². The summed E-state index contributed by atoms with van der Waals surface area (Å²) in [4.78, 5) is 27.1. The lowest BCUT2D eigenvalue weighted by molar-refractivity contribution is 0.0479. The van der Waals surface area contributed by atoms with Crippen molar-refractivity contribution in [2.45, 2.75) is 38.5 Å². The van der Waals surface area contributed by atoms with E-state index in [1.54, 1.807) is 0 Å². The fourth-order valence-electron chi connectivity index (χ4n) is 4.35. The second kappa shape index (κ2) is 7.60. The molecule has 4 heteroatoms. The molecule has 2 aromatic carbocycles. The number of benzene rings is 2. The molecule has 2 aliphatic rings. The molecule has 1 aromatic heterocycles. The first-order chi connectivity index (χ1) is 14.2. The lowest BCUT2D eigenvalue weighted by Crippen LogP contribution is -2.13. The number of hydrogen-bond acceptors (Lipinski definition) is 4. The molecule has 0 saturated carbocycles. The first-order valence-electron chi connectivity index (χ1n) is 10.2. The van der Waals surface area contributed by atoms with Crippen LogP contribution in [-0.4, -0.2) is 18.4 Å². The molecule has 0 bridgehead atoms. The van der Waals surface area contributed by atoms with Gasteiger partial charge in [-0.1, -0.05) is 42.8 Å². The van der Waals surface area contributed by atoms with Crippen molar-refractivity contribution < 1.29 is 14.3 Å². The summed E-state index contributed by atoms with van der Waals surface area (Å²) in [5, 5.41) is 0. The minimum Gasteiger partial charge on any atom is -0.453 e. The highest BCUT2D eigenvalue weighted by molar-refractivity contribution is 7.14. The van der Waals surface area contributed by atoms with Crippen molar-refractivity contribution in [2.75, 3.05) is 6.61 Å². The number of carbonyl (C=O) groups is 2. The van der Waals surface area contributed by atoms with Crippen LogP contribution in [0.4, 0.5) is 0 Å². The van der Waals surface area contributed by atoms with Crippen LogP contribution in [-0.2, 0) is 24.0 Å². The van der Waals surface area contributed by atoms with E-state index in [9.17, 15) is 9.59 Å². The number of ketones is 1. The van der Waals surface area contributed by atoms with Crippen molar-refractivity contribution in [2.24, 2.45) is 0 Å². The van der Waals surface area contributed by atoms with Gasteiger partial charge < -0.3 is 4.74 Å². The van der Waals surface area contributed by atoms with E-state index in [0.29, 0.717) is 10.4 Å². The molecule has 29 heavy (non-hydrogen) atoms. The predicted octanol–water partition coefficient (Wildman–Crippen LogP) is 5.63. The maximum absolute atomic E-state index is 12.7. The Balaban J connectivity index is 1.28. The third kappa shape index (κ3) is 3.53. The Labute approximate surface area is 174 Å². The lowest BCUT2D eigenvalue weighted by Gasteiger charge is -2.06. The van der Waals surface area contributed by atoms with Gasteiger partial charge in [0.25, 0.3) is 0 Å². The van der Waals surface area contributed by atoms with Crippen LogP contribution in [0, 0.1) is 0 Å². The van der Waals surface area contributed by atoms with E-state index in [4.69, 9.17) is 4.74 Å². The summed E-state index contributed by atoms with van der Waals surface area (Å²) in [7, 11) is 0. The molecule has 3 nitrogen and oxygen atoms in total. The molecular formula is C25H22O3S. The van der Waals surface area contributed by atoms with Gasteiger partial charge in [0.05, 0.1) is 0 Å². The van der Waals surface area contributed by atoms with Gasteiger partial charge in [0.1, 0.15) is 4.88 Å². The second-order valence-electron chi connectivity index (χ2n) is 7.82. The number of ether oxygens (including phenoxy) is 1. The van der Waals surface area contributed by atoms with Gasteiger partial charge in [-0.2, -0.15) is 0 Å². The monoisotopic (exact) mass is 402 g/mol. The standard InChI is InChI=1S/C25H22O3S/c26-22(15-28-25(27)24-14-19-7-2-1-3-9-23(19)29-24)18-11-10-17-12-16-6-4-5-8-20(16)21(17)13-18/h4-6,8,10-11,13-14H,1-3,7,9,12,15H2. The Kier molecular flexibility index (Phi) is 4.80. The Morgan fingerprint density at radius 2 is 1.69 bits per heavy atom. The largest absolute Gasteiger partial charge is 0.453 e. The number of aryl methyl sites for hydroxylation is 2. The average Bonchev–Trinajstić information content (AvgIpc) is 3.25. The van der Waals surface area contributed by atoms with Gasteiger partial charge in [0.2, 0.25) is 0 Å². The minimum absolute atomic E-state index is 0.163.